The van der Waals surface area contributed by atoms with Crippen molar-refractivity contribution in [2.75, 3.05) is 11.8 Å². The molecule has 0 saturated carbocycles. The van der Waals surface area contributed by atoms with E-state index in [0.717, 1.165) is 0 Å². The van der Waals surface area contributed by atoms with Crippen LogP contribution in [0.5, 0.6) is 5.75 Å². The molecule has 0 saturated heterocycles. The number of aromatic nitrogens is 2. The highest BCUT2D eigenvalue weighted by Gasteiger charge is 2.20. The van der Waals surface area contributed by atoms with Crippen molar-refractivity contribution in [2.45, 2.75) is 4.90 Å². The van der Waals surface area contributed by atoms with Crippen LogP contribution in [0, 0.1) is 11.3 Å². The van der Waals surface area contributed by atoms with Crippen LogP contribution >= 0.6 is 0 Å². The Labute approximate surface area is 116 Å². The Bertz CT molecular complexity index is 774. The zero-order valence-corrected chi connectivity index (χ0v) is 11.7. The summed E-state index contributed by atoms with van der Waals surface area (Å²) in [4.78, 5) is 0.00907. The largest absolute Gasteiger partial charge is 0.495 e. The summed E-state index contributed by atoms with van der Waals surface area (Å²) < 4.78 is 33.3. The molecule has 1 aromatic carbocycles. The fraction of sp³-hybridized carbons (Fsp3) is 0.167. The van der Waals surface area contributed by atoms with Gasteiger partial charge in [0.2, 0.25) is 0 Å². The summed E-state index contributed by atoms with van der Waals surface area (Å²) in [5.41, 5.74) is 0.290. The van der Waals surface area contributed by atoms with Crippen LogP contribution in [-0.2, 0) is 17.1 Å². The molecule has 0 atom stereocenters. The topological polar surface area (TPSA) is 97.0 Å². The number of para-hydroxylation sites is 1. The normalized spacial score (nSPS) is 10.8. The van der Waals surface area contributed by atoms with Crippen molar-refractivity contribution in [3.05, 3.63) is 36.2 Å². The van der Waals surface area contributed by atoms with E-state index in [1.54, 1.807) is 19.2 Å². The van der Waals surface area contributed by atoms with Gasteiger partial charge in [0.05, 0.1) is 18.9 Å². The van der Waals surface area contributed by atoms with Crippen LogP contribution in [0.1, 0.15) is 5.56 Å². The lowest BCUT2D eigenvalue weighted by molar-refractivity contribution is 0.417. The number of anilines is 1. The lowest BCUT2D eigenvalue weighted by Crippen LogP contribution is -2.14. The fourth-order valence-electron chi connectivity index (χ4n) is 1.63. The van der Waals surface area contributed by atoms with Crippen LogP contribution in [0.4, 0.5) is 5.69 Å². The van der Waals surface area contributed by atoms with Crippen LogP contribution < -0.4 is 9.46 Å². The van der Waals surface area contributed by atoms with E-state index < -0.39 is 10.0 Å². The minimum atomic E-state index is -3.82. The van der Waals surface area contributed by atoms with Crippen LogP contribution in [0.25, 0.3) is 0 Å². The molecule has 2 aromatic rings. The molecule has 0 spiro atoms. The molecule has 7 nitrogen and oxygen atoms in total. The molecule has 0 aliphatic rings. The SMILES string of the molecule is COc1cccc(C#N)c1NS(=O)(=O)c1cnn(C)c1. The number of hydrogen-bond acceptors (Lipinski definition) is 5. The van der Waals surface area contributed by atoms with Gasteiger partial charge in [0.25, 0.3) is 10.0 Å². The van der Waals surface area contributed by atoms with Gasteiger partial charge in [-0.3, -0.25) is 9.40 Å². The Morgan fingerprint density at radius 2 is 2.20 bits per heavy atom. The van der Waals surface area contributed by atoms with Crippen LogP contribution in [0.2, 0.25) is 0 Å². The van der Waals surface area contributed by atoms with E-state index in [1.807, 2.05) is 6.07 Å². The number of nitrogens with one attached hydrogen (secondary N) is 1. The molecule has 1 heterocycles. The van der Waals surface area contributed by atoms with Gasteiger partial charge < -0.3 is 4.74 Å². The zero-order valence-electron chi connectivity index (χ0n) is 10.9. The summed E-state index contributed by atoms with van der Waals surface area (Å²) in [6.45, 7) is 0. The quantitative estimate of drug-likeness (QED) is 0.910. The molecule has 1 N–H and O–H groups in total. The first-order valence-electron chi connectivity index (χ1n) is 5.56. The maximum atomic E-state index is 12.2. The Morgan fingerprint density at radius 1 is 1.45 bits per heavy atom. The van der Waals surface area contributed by atoms with E-state index in [1.165, 1.54) is 30.3 Å². The first kappa shape index (κ1) is 13.9. The molecule has 20 heavy (non-hydrogen) atoms. The number of hydrogen-bond donors (Lipinski definition) is 1. The van der Waals surface area contributed by atoms with Gasteiger partial charge in [-0.15, -0.1) is 0 Å². The lowest BCUT2D eigenvalue weighted by atomic mass is 10.2. The Kier molecular flexibility index (Phi) is 3.63. The predicted molar refractivity (Wildman–Crippen MR) is 71.7 cm³/mol. The fourth-order valence-corrected chi connectivity index (χ4v) is 2.70. The summed E-state index contributed by atoms with van der Waals surface area (Å²) in [6, 6.07) is 6.61. The van der Waals surface area contributed by atoms with E-state index in [9.17, 15) is 8.42 Å². The number of benzene rings is 1. The maximum absolute atomic E-state index is 12.2. The first-order chi connectivity index (χ1) is 9.47. The highest BCUT2D eigenvalue weighted by atomic mass is 32.2. The monoisotopic (exact) mass is 292 g/mol. The molecule has 0 fully saturated rings. The zero-order chi connectivity index (χ0) is 14.8. The summed E-state index contributed by atoms with van der Waals surface area (Å²) >= 11 is 0. The van der Waals surface area contributed by atoms with E-state index in [2.05, 4.69) is 9.82 Å². The van der Waals surface area contributed by atoms with Gasteiger partial charge in [-0.1, -0.05) is 6.07 Å². The van der Waals surface area contributed by atoms with Crippen molar-refractivity contribution in [3.8, 4) is 11.8 Å². The molecular weight excluding hydrogens is 280 g/mol. The first-order valence-corrected chi connectivity index (χ1v) is 7.05. The highest BCUT2D eigenvalue weighted by molar-refractivity contribution is 7.92. The minimum Gasteiger partial charge on any atom is -0.495 e. The highest BCUT2D eigenvalue weighted by Crippen LogP contribution is 2.29. The number of nitrogens with zero attached hydrogens (tertiary/aromatic N) is 3. The van der Waals surface area contributed by atoms with Crippen molar-refractivity contribution >= 4 is 15.7 Å². The Morgan fingerprint density at radius 3 is 2.75 bits per heavy atom. The smallest absolute Gasteiger partial charge is 0.265 e. The number of nitriles is 1. The van der Waals surface area contributed by atoms with Gasteiger partial charge in [-0.05, 0) is 12.1 Å². The van der Waals surface area contributed by atoms with Crippen molar-refractivity contribution in [3.63, 3.8) is 0 Å². The van der Waals surface area contributed by atoms with Gasteiger partial charge in [0.1, 0.15) is 22.4 Å². The molecule has 0 radical (unpaired) electrons. The second-order valence-corrected chi connectivity index (χ2v) is 5.63. The van der Waals surface area contributed by atoms with Crippen molar-refractivity contribution in [1.29, 1.82) is 5.26 Å². The van der Waals surface area contributed by atoms with Gasteiger partial charge in [-0.25, -0.2) is 8.42 Å². The van der Waals surface area contributed by atoms with Crippen molar-refractivity contribution < 1.29 is 13.2 Å². The van der Waals surface area contributed by atoms with Crippen LogP contribution in [0.3, 0.4) is 0 Å². The third-order valence-corrected chi connectivity index (χ3v) is 3.90. The molecule has 104 valence electrons. The molecular formula is C12H12N4O3S. The number of aryl methyl sites for hydroxylation is 1. The third kappa shape index (κ3) is 2.57. The molecule has 8 heteroatoms. The van der Waals surface area contributed by atoms with E-state index in [0.29, 0.717) is 0 Å². The Hall–Kier alpha value is -2.53. The summed E-state index contributed by atoms with van der Waals surface area (Å²) in [7, 11) is -0.807. The van der Waals surface area contributed by atoms with Crippen molar-refractivity contribution in [1.82, 2.24) is 9.78 Å². The van der Waals surface area contributed by atoms with E-state index in [-0.39, 0.29) is 21.9 Å². The molecule has 0 aliphatic carbocycles. The molecule has 0 bridgehead atoms. The standard InChI is InChI=1S/C12H12N4O3S/c1-16-8-10(7-14-16)20(17,18)15-12-9(6-13)4-3-5-11(12)19-2/h3-5,7-8,15H,1-2H3. The summed E-state index contributed by atoms with van der Waals surface area (Å²) in [5.74, 6) is 0.275. The number of sulfonamides is 1. The molecule has 1 aromatic heterocycles. The maximum Gasteiger partial charge on any atom is 0.265 e. The predicted octanol–water partition coefficient (Wildman–Crippen LogP) is 1.10. The molecule has 0 unspecified atom stereocenters. The second-order valence-electron chi connectivity index (χ2n) is 3.95. The average Bonchev–Trinajstić information content (AvgIpc) is 2.86. The van der Waals surface area contributed by atoms with Gasteiger partial charge >= 0.3 is 0 Å². The van der Waals surface area contributed by atoms with Crippen LogP contribution in [0.15, 0.2) is 35.5 Å². The molecule has 0 amide bonds. The van der Waals surface area contributed by atoms with Gasteiger partial charge in [0, 0.05) is 13.2 Å². The Balaban J connectivity index is 2.47. The van der Waals surface area contributed by atoms with Crippen molar-refractivity contribution in [2.24, 2.45) is 7.05 Å². The van der Waals surface area contributed by atoms with E-state index >= 15 is 0 Å². The number of ether oxygens (including phenoxy) is 1. The van der Waals surface area contributed by atoms with E-state index in [4.69, 9.17) is 10.00 Å². The van der Waals surface area contributed by atoms with Gasteiger partial charge in [0.15, 0.2) is 0 Å². The van der Waals surface area contributed by atoms with Gasteiger partial charge in [-0.2, -0.15) is 10.4 Å². The van der Waals surface area contributed by atoms with Crippen LogP contribution in [-0.4, -0.2) is 25.3 Å². The summed E-state index contributed by atoms with van der Waals surface area (Å²) in [6.07, 6.45) is 2.59. The number of methoxy groups -OCH3 is 1. The summed E-state index contributed by atoms with van der Waals surface area (Å²) in [5, 5.41) is 12.9. The third-order valence-electron chi connectivity index (χ3n) is 2.59. The average molecular weight is 292 g/mol. The second kappa shape index (κ2) is 5.22. The number of rotatable bonds is 4. The minimum absolute atomic E-state index is 0.00907. The molecule has 0 aliphatic heterocycles. The molecule has 2 rings (SSSR count). The lowest BCUT2D eigenvalue weighted by Gasteiger charge is -2.12.